The molecule has 2 saturated heterocycles. The van der Waals surface area contributed by atoms with Crippen molar-refractivity contribution in [2.45, 2.75) is 69.5 Å². The minimum atomic E-state index is -4.53. The number of likely N-dealkylation sites (tertiary alicyclic amines) is 2. The van der Waals surface area contributed by atoms with Crippen molar-refractivity contribution in [2.24, 2.45) is 11.8 Å². The zero-order chi connectivity index (χ0) is 35.6. The van der Waals surface area contributed by atoms with Gasteiger partial charge in [-0.05, 0) is 132 Å². The average Bonchev–Trinajstić information content (AvgIpc) is 3.36. The molecule has 50 heavy (non-hydrogen) atoms. The molecule has 0 N–H and O–H groups in total. The SMILES string of the molecule is CCCN1CCC(C2CCN(C(=O)OC3(c4cccnc4OC(C)C)C(=O)N(S(=O)(=O)c4ccc(OC)cc4)c4ccc(Cl)cc43)CC2)CC1. The quantitative estimate of drug-likeness (QED) is 0.232. The lowest BCUT2D eigenvalue weighted by atomic mass is 9.79. The molecule has 3 aliphatic rings. The number of benzene rings is 2. The fourth-order valence-corrected chi connectivity index (χ4v) is 9.16. The smallest absolute Gasteiger partial charge is 0.411 e. The van der Waals surface area contributed by atoms with E-state index in [0.717, 1.165) is 51.7 Å². The molecule has 3 aliphatic heterocycles. The summed E-state index contributed by atoms with van der Waals surface area (Å²) in [6.07, 6.45) is 5.51. The Bertz CT molecular complexity index is 1810. The van der Waals surface area contributed by atoms with Crippen LogP contribution in [0.25, 0.3) is 0 Å². The maximum atomic E-state index is 15.0. The Labute approximate surface area is 299 Å². The number of sulfonamides is 1. The molecule has 0 radical (unpaired) electrons. The molecular formula is C37H45ClN4O7S. The largest absolute Gasteiger partial charge is 0.497 e. The van der Waals surface area contributed by atoms with E-state index in [4.69, 9.17) is 25.8 Å². The first-order chi connectivity index (χ1) is 24.0. The zero-order valence-corrected chi connectivity index (χ0v) is 30.6. The van der Waals surface area contributed by atoms with Crippen LogP contribution in [0.5, 0.6) is 11.6 Å². The van der Waals surface area contributed by atoms with Gasteiger partial charge in [-0.25, -0.2) is 18.2 Å². The second kappa shape index (κ2) is 14.8. The summed E-state index contributed by atoms with van der Waals surface area (Å²) in [6, 6.07) is 13.3. The summed E-state index contributed by atoms with van der Waals surface area (Å²) in [5.74, 6) is 0.587. The summed E-state index contributed by atoms with van der Waals surface area (Å²) < 4.78 is 47.0. The van der Waals surface area contributed by atoms with Gasteiger partial charge < -0.3 is 24.0 Å². The van der Waals surface area contributed by atoms with E-state index in [1.54, 1.807) is 30.9 Å². The van der Waals surface area contributed by atoms with E-state index in [-0.39, 0.29) is 38.7 Å². The number of carbonyl (C=O) groups excluding carboxylic acids is 2. The van der Waals surface area contributed by atoms with Crippen LogP contribution in [0.4, 0.5) is 10.5 Å². The Morgan fingerprint density at radius 2 is 1.64 bits per heavy atom. The van der Waals surface area contributed by atoms with Gasteiger partial charge in [0, 0.05) is 29.9 Å². The lowest BCUT2D eigenvalue weighted by Crippen LogP contribution is -2.50. The van der Waals surface area contributed by atoms with Crippen LogP contribution in [0.15, 0.2) is 65.7 Å². The van der Waals surface area contributed by atoms with Crippen LogP contribution in [0, 0.1) is 11.8 Å². The molecule has 2 fully saturated rings. The number of pyridine rings is 1. The number of anilines is 1. The van der Waals surface area contributed by atoms with E-state index in [0.29, 0.717) is 35.0 Å². The Balaban J connectivity index is 1.37. The van der Waals surface area contributed by atoms with E-state index in [1.165, 1.54) is 55.8 Å². The van der Waals surface area contributed by atoms with Crippen molar-refractivity contribution in [3.63, 3.8) is 0 Å². The highest BCUT2D eigenvalue weighted by Crippen LogP contribution is 2.52. The predicted molar refractivity (Wildman–Crippen MR) is 190 cm³/mol. The summed E-state index contributed by atoms with van der Waals surface area (Å²) in [4.78, 5) is 37.7. The molecule has 0 aliphatic carbocycles. The van der Waals surface area contributed by atoms with Gasteiger partial charge in [0.05, 0.1) is 29.4 Å². The van der Waals surface area contributed by atoms with Crippen LogP contribution in [0.1, 0.15) is 64.0 Å². The van der Waals surface area contributed by atoms with Gasteiger partial charge in [-0.2, -0.15) is 4.31 Å². The second-order valence-corrected chi connectivity index (χ2v) is 15.7. The molecule has 1 aromatic heterocycles. The Morgan fingerprint density at radius 3 is 2.26 bits per heavy atom. The van der Waals surface area contributed by atoms with Crippen LogP contribution < -0.4 is 13.8 Å². The topological polar surface area (TPSA) is 119 Å². The average molecular weight is 725 g/mol. The number of hydrogen-bond acceptors (Lipinski definition) is 9. The molecular weight excluding hydrogens is 680 g/mol. The van der Waals surface area contributed by atoms with E-state index in [2.05, 4.69) is 16.8 Å². The predicted octanol–water partition coefficient (Wildman–Crippen LogP) is 6.48. The van der Waals surface area contributed by atoms with Gasteiger partial charge in [0.15, 0.2) is 0 Å². The molecule has 1 atom stereocenters. The second-order valence-electron chi connectivity index (χ2n) is 13.5. The number of ether oxygens (including phenoxy) is 3. The molecule has 0 bridgehead atoms. The maximum absolute atomic E-state index is 15.0. The lowest BCUT2D eigenvalue weighted by Gasteiger charge is -2.40. The fraction of sp³-hybridized carbons (Fsp3) is 0.486. The highest BCUT2D eigenvalue weighted by atomic mass is 35.5. The summed E-state index contributed by atoms with van der Waals surface area (Å²) in [5, 5.41) is 0.224. The summed E-state index contributed by atoms with van der Waals surface area (Å²) in [6.45, 7) is 10.1. The van der Waals surface area contributed by atoms with E-state index >= 15 is 4.79 Å². The number of amides is 2. The van der Waals surface area contributed by atoms with Crippen molar-refractivity contribution in [2.75, 3.05) is 44.1 Å². The van der Waals surface area contributed by atoms with E-state index in [1.807, 2.05) is 0 Å². The molecule has 1 unspecified atom stereocenters. The number of methoxy groups -OCH3 is 1. The first kappa shape index (κ1) is 35.9. The van der Waals surface area contributed by atoms with Gasteiger partial charge >= 0.3 is 6.09 Å². The molecule has 2 amide bonds. The minimum absolute atomic E-state index is 0.00971. The van der Waals surface area contributed by atoms with Gasteiger partial charge in [0.2, 0.25) is 5.88 Å². The third-order valence-electron chi connectivity index (χ3n) is 10.0. The third kappa shape index (κ3) is 6.77. The van der Waals surface area contributed by atoms with Crippen molar-refractivity contribution >= 4 is 39.3 Å². The molecule has 11 nitrogen and oxygen atoms in total. The number of aromatic nitrogens is 1. The number of hydrogen-bond donors (Lipinski definition) is 0. The number of halogens is 1. The Hall–Kier alpha value is -3.87. The van der Waals surface area contributed by atoms with Gasteiger partial charge in [0.1, 0.15) is 5.75 Å². The molecule has 3 aromatic rings. The highest BCUT2D eigenvalue weighted by molar-refractivity contribution is 7.93. The fourth-order valence-electron chi connectivity index (χ4n) is 7.53. The molecule has 2 aromatic carbocycles. The standard InChI is InChI=1S/C37H45ClN4O7S/c1-5-19-40-20-14-26(15-21-40)27-16-22-41(23-17-27)36(44)49-37(31-7-6-18-39-34(31)48-25(2)3)32-24-28(38)8-13-33(32)42(35(37)43)50(45,46)30-11-9-29(47-4)10-12-30/h6-13,18,24-27H,5,14-17,19-23H2,1-4H3. The first-order valence-corrected chi connectivity index (χ1v) is 19.2. The van der Waals surface area contributed by atoms with Gasteiger partial charge in [0.25, 0.3) is 21.5 Å². The number of nitrogens with zero attached hydrogens (tertiary/aromatic N) is 4. The zero-order valence-electron chi connectivity index (χ0n) is 29.0. The molecule has 0 saturated carbocycles. The van der Waals surface area contributed by atoms with Crippen LogP contribution in [-0.2, 0) is 25.2 Å². The van der Waals surface area contributed by atoms with E-state index in [9.17, 15) is 13.2 Å². The Morgan fingerprint density at radius 1 is 0.980 bits per heavy atom. The molecule has 6 rings (SSSR count). The van der Waals surface area contributed by atoms with Crippen molar-refractivity contribution in [1.29, 1.82) is 0 Å². The van der Waals surface area contributed by atoms with Crippen molar-refractivity contribution in [1.82, 2.24) is 14.8 Å². The molecule has 4 heterocycles. The van der Waals surface area contributed by atoms with Crippen LogP contribution in [0.2, 0.25) is 5.02 Å². The summed E-state index contributed by atoms with van der Waals surface area (Å²) in [7, 11) is -3.05. The minimum Gasteiger partial charge on any atom is -0.497 e. The number of carbonyl (C=O) groups is 2. The van der Waals surface area contributed by atoms with Crippen LogP contribution >= 0.6 is 11.6 Å². The van der Waals surface area contributed by atoms with Gasteiger partial charge in [-0.1, -0.05) is 18.5 Å². The monoisotopic (exact) mass is 724 g/mol. The number of piperidine rings is 2. The Kier molecular flexibility index (Phi) is 10.6. The van der Waals surface area contributed by atoms with E-state index < -0.39 is 27.6 Å². The van der Waals surface area contributed by atoms with Crippen molar-refractivity contribution < 1.29 is 32.2 Å². The number of rotatable bonds is 10. The normalized spacial score (nSPS) is 20.6. The van der Waals surface area contributed by atoms with Crippen LogP contribution in [0.3, 0.4) is 0 Å². The van der Waals surface area contributed by atoms with Crippen molar-refractivity contribution in [3.05, 3.63) is 76.9 Å². The summed E-state index contributed by atoms with van der Waals surface area (Å²) >= 11 is 6.53. The lowest BCUT2D eigenvalue weighted by molar-refractivity contribution is -0.132. The molecule has 13 heteroatoms. The first-order valence-electron chi connectivity index (χ1n) is 17.4. The third-order valence-corrected chi connectivity index (χ3v) is 12.0. The maximum Gasteiger partial charge on any atom is 0.411 e. The summed E-state index contributed by atoms with van der Waals surface area (Å²) in [5.41, 5.74) is -2.08. The van der Waals surface area contributed by atoms with Crippen LogP contribution in [-0.4, -0.2) is 81.1 Å². The molecule has 268 valence electrons. The molecule has 0 spiro atoms. The van der Waals surface area contributed by atoms with Crippen molar-refractivity contribution in [3.8, 4) is 11.6 Å². The van der Waals surface area contributed by atoms with Gasteiger partial charge in [-0.15, -0.1) is 0 Å². The van der Waals surface area contributed by atoms with Gasteiger partial charge in [-0.3, -0.25) is 4.79 Å². The highest BCUT2D eigenvalue weighted by Gasteiger charge is 2.61. The number of fused-ring (bicyclic) bond motifs is 1.